The number of allylic oxidation sites excluding steroid dienone is 3. The monoisotopic (exact) mass is 498 g/mol. The minimum Gasteiger partial charge on any atom is -0.448 e. The number of fused-ring (bicyclic) bond motifs is 2. The zero-order chi connectivity index (χ0) is 25.1. The van der Waals surface area contributed by atoms with Gasteiger partial charge in [0.25, 0.3) is 5.91 Å². The second-order valence-electron chi connectivity index (χ2n) is 11.0. The summed E-state index contributed by atoms with van der Waals surface area (Å²) >= 11 is 6.84. The second kappa shape index (κ2) is 8.97. The molecule has 4 aliphatic rings. The summed E-state index contributed by atoms with van der Waals surface area (Å²) in [5.74, 6) is 0.799. The summed E-state index contributed by atoms with van der Waals surface area (Å²) < 4.78 is 12.8. The summed E-state index contributed by atoms with van der Waals surface area (Å²) in [7, 11) is 0. The summed E-state index contributed by atoms with van der Waals surface area (Å²) in [6.45, 7) is 8.61. The number of hydrogen-bond donors (Lipinski definition) is 1. The Kier molecular flexibility index (Phi) is 6.25. The topological polar surface area (TPSA) is 81.9 Å². The molecular weight excluding hydrogens is 464 g/mol. The van der Waals surface area contributed by atoms with Crippen molar-refractivity contribution in [3.05, 3.63) is 44.5 Å². The van der Waals surface area contributed by atoms with E-state index in [0.717, 1.165) is 60.0 Å². The summed E-state index contributed by atoms with van der Waals surface area (Å²) in [6.07, 6.45) is 8.03. The number of amides is 1. The van der Waals surface area contributed by atoms with Crippen LogP contribution >= 0.6 is 11.6 Å². The van der Waals surface area contributed by atoms with E-state index in [0.29, 0.717) is 60.0 Å². The van der Waals surface area contributed by atoms with Crippen LogP contribution in [-0.4, -0.2) is 41.5 Å². The van der Waals surface area contributed by atoms with E-state index in [9.17, 15) is 9.59 Å². The van der Waals surface area contributed by atoms with Gasteiger partial charge in [-0.1, -0.05) is 23.3 Å². The lowest BCUT2D eigenvalue weighted by Crippen LogP contribution is -2.40. The van der Waals surface area contributed by atoms with Gasteiger partial charge in [0, 0.05) is 50.0 Å². The lowest BCUT2D eigenvalue weighted by molar-refractivity contribution is -0.115. The Morgan fingerprint density at radius 3 is 2.49 bits per heavy atom. The highest BCUT2D eigenvalue weighted by Crippen LogP contribution is 2.52. The molecule has 0 saturated heterocycles. The minimum atomic E-state index is -0.809. The van der Waals surface area contributed by atoms with Crippen LogP contribution in [0, 0.1) is 12.8 Å². The van der Waals surface area contributed by atoms with E-state index in [1.807, 2.05) is 33.8 Å². The molecule has 35 heavy (non-hydrogen) atoms. The number of rotatable bonds is 4. The molecule has 2 aliphatic carbocycles. The third-order valence-corrected chi connectivity index (χ3v) is 8.47. The maximum absolute atomic E-state index is 13.7. The van der Waals surface area contributed by atoms with Gasteiger partial charge >= 0.3 is 0 Å². The van der Waals surface area contributed by atoms with Gasteiger partial charge in [0.1, 0.15) is 0 Å². The van der Waals surface area contributed by atoms with Crippen molar-refractivity contribution in [2.45, 2.75) is 84.5 Å². The Labute approximate surface area is 212 Å². The number of nitrogens with two attached hydrogens (primary N) is 1. The molecule has 0 bridgehead atoms. The molecule has 1 unspecified atom stereocenters. The molecule has 1 saturated carbocycles. The van der Waals surface area contributed by atoms with Gasteiger partial charge in [-0.25, -0.2) is 0 Å². The summed E-state index contributed by atoms with van der Waals surface area (Å²) in [4.78, 5) is 28.1. The van der Waals surface area contributed by atoms with Gasteiger partial charge in [0.15, 0.2) is 17.3 Å². The second-order valence-corrected chi connectivity index (χ2v) is 11.4. The highest BCUT2D eigenvalue weighted by molar-refractivity contribution is 6.34. The van der Waals surface area contributed by atoms with Gasteiger partial charge in [-0.3, -0.25) is 9.59 Å². The van der Waals surface area contributed by atoms with Crippen molar-refractivity contribution in [1.82, 2.24) is 4.90 Å². The largest absolute Gasteiger partial charge is 0.448 e. The average molecular weight is 499 g/mol. The van der Waals surface area contributed by atoms with Crippen LogP contribution < -0.4 is 15.2 Å². The smallest absolute Gasteiger partial charge is 0.254 e. The predicted molar refractivity (Wildman–Crippen MR) is 136 cm³/mol. The molecule has 1 aromatic carbocycles. The zero-order valence-electron chi connectivity index (χ0n) is 21.1. The molecule has 0 aromatic heterocycles. The van der Waals surface area contributed by atoms with Crippen LogP contribution in [0.2, 0.25) is 5.02 Å². The minimum absolute atomic E-state index is 0.0981. The van der Waals surface area contributed by atoms with Crippen molar-refractivity contribution < 1.29 is 19.1 Å². The van der Waals surface area contributed by atoms with Gasteiger partial charge < -0.3 is 20.1 Å². The molecule has 2 heterocycles. The highest BCUT2D eigenvalue weighted by Gasteiger charge is 2.44. The number of halogens is 1. The van der Waals surface area contributed by atoms with E-state index in [2.05, 4.69) is 0 Å². The molecule has 6 nitrogen and oxygen atoms in total. The molecular formula is C28H35ClN2O4. The van der Waals surface area contributed by atoms with Crippen LogP contribution in [0.3, 0.4) is 0 Å². The van der Waals surface area contributed by atoms with Crippen molar-refractivity contribution in [2.24, 2.45) is 11.7 Å². The molecule has 0 radical (unpaired) electrons. The summed E-state index contributed by atoms with van der Waals surface area (Å²) in [6, 6.07) is 0.294. The van der Waals surface area contributed by atoms with Crippen LogP contribution in [0.4, 0.5) is 0 Å². The Hall–Kier alpha value is -2.31. The normalized spacial score (nSPS) is 28.4. The molecule has 7 heteroatoms. The molecule has 1 aromatic rings. The van der Waals surface area contributed by atoms with Crippen molar-refractivity contribution >= 4 is 23.3 Å². The van der Waals surface area contributed by atoms with Gasteiger partial charge in [0.2, 0.25) is 5.79 Å². The fourth-order valence-electron chi connectivity index (χ4n) is 6.20. The first-order chi connectivity index (χ1) is 16.6. The van der Waals surface area contributed by atoms with Crippen LogP contribution in [0.15, 0.2) is 22.8 Å². The lowest BCUT2D eigenvalue weighted by Gasteiger charge is -2.32. The maximum atomic E-state index is 13.7. The number of ether oxygens (including phenoxy) is 2. The van der Waals surface area contributed by atoms with Gasteiger partial charge in [-0.15, -0.1) is 0 Å². The third kappa shape index (κ3) is 4.40. The SMILES string of the molecule is CC1=CC(C)=C(CN2CCc3c(Cl)c4c(c(C)c3C2=O)OC(C)(CC2CCC(N)CC2)O4)C(=O)C1. The molecule has 2 aliphatic heterocycles. The highest BCUT2D eigenvalue weighted by atomic mass is 35.5. The average Bonchev–Trinajstić information content (AvgIpc) is 3.15. The number of Topliss-reactive ketones (excluding diaryl/α,β-unsaturated/α-hetero) is 1. The van der Waals surface area contributed by atoms with E-state index in [1.165, 1.54) is 0 Å². The van der Waals surface area contributed by atoms with E-state index in [1.54, 1.807) is 4.90 Å². The van der Waals surface area contributed by atoms with Gasteiger partial charge in [-0.05, 0) is 69.9 Å². The molecule has 5 rings (SSSR count). The number of hydrogen-bond acceptors (Lipinski definition) is 5. The summed E-state index contributed by atoms with van der Waals surface area (Å²) in [5.41, 5.74) is 11.0. The first-order valence-corrected chi connectivity index (χ1v) is 13.1. The molecule has 188 valence electrons. The van der Waals surface area contributed by atoms with E-state index >= 15 is 0 Å². The standard InChI is InChI=1S/C28H35ClN2O4/c1-15-11-16(2)21(22(32)12-15)14-31-10-9-20-23(27(31)33)17(3)25-26(24(20)29)35-28(4,34-25)13-18-5-7-19(30)8-6-18/h11,18-19H,5-10,12-14,30H2,1-4H3. The van der Waals surface area contributed by atoms with E-state index in [4.69, 9.17) is 26.8 Å². The Morgan fingerprint density at radius 2 is 1.80 bits per heavy atom. The molecule has 2 N–H and O–H groups in total. The first kappa shape index (κ1) is 24.4. The van der Waals surface area contributed by atoms with Crippen LogP contribution in [0.1, 0.15) is 80.8 Å². The number of benzene rings is 1. The van der Waals surface area contributed by atoms with Crippen LogP contribution in [0.5, 0.6) is 11.5 Å². The number of carbonyl (C=O) groups is 2. The Morgan fingerprint density at radius 1 is 1.11 bits per heavy atom. The number of nitrogens with zero attached hydrogens (tertiary/aromatic N) is 1. The fourth-order valence-corrected chi connectivity index (χ4v) is 6.51. The van der Waals surface area contributed by atoms with Crippen LogP contribution in [0.25, 0.3) is 0 Å². The van der Waals surface area contributed by atoms with Crippen molar-refractivity contribution in [3.8, 4) is 11.5 Å². The van der Waals surface area contributed by atoms with Crippen molar-refractivity contribution in [3.63, 3.8) is 0 Å². The van der Waals surface area contributed by atoms with E-state index < -0.39 is 5.79 Å². The van der Waals surface area contributed by atoms with Crippen LogP contribution in [-0.2, 0) is 11.2 Å². The molecule has 1 fully saturated rings. The van der Waals surface area contributed by atoms with Crippen molar-refractivity contribution in [1.29, 1.82) is 0 Å². The first-order valence-electron chi connectivity index (χ1n) is 12.7. The fraction of sp³-hybridized carbons (Fsp3) is 0.571. The summed E-state index contributed by atoms with van der Waals surface area (Å²) in [5, 5.41) is 0.477. The predicted octanol–water partition coefficient (Wildman–Crippen LogP) is 5.28. The van der Waals surface area contributed by atoms with E-state index in [-0.39, 0.29) is 11.7 Å². The quantitative estimate of drug-likeness (QED) is 0.611. The third-order valence-electron chi connectivity index (χ3n) is 8.07. The molecule has 1 atom stereocenters. The number of carbonyl (C=O) groups excluding carboxylic acids is 2. The molecule has 0 spiro atoms. The lowest BCUT2D eigenvalue weighted by atomic mass is 9.82. The Balaban J connectivity index is 1.40. The maximum Gasteiger partial charge on any atom is 0.254 e. The van der Waals surface area contributed by atoms with Gasteiger partial charge in [-0.2, -0.15) is 0 Å². The van der Waals surface area contributed by atoms with Gasteiger partial charge in [0.05, 0.1) is 10.6 Å². The number of ketones is 1. The molecule has 1 amide bonds. The zero-order valence-corrected chi connectivity index (χ0v) is 21.9. The Bertz CT molecular complexity index is 1160. The van der Waals surface area contributed by atoms with Crippen molar-refractivity contribution in [2.75, 3.05) is 13.1 Å².